The molecule has 0 aromatic carbocycles. The van der Waals surface area contributed by atoms with E-state index in [-0.39, 0.29) is 5.54 Å². The maximum absolute atomic E-state index is 3.79. The highest BCUT2D eigenvalue weighted by atomic mass is 15.2. The standard InChI is InChI=1S/C14H30N2/c1-6-11-15-13(12-9-7-8-10-12)14(2,3)16(4)5/h12-13,15H,6-11H2,1-5H3. The molecule has 1 saturated carbocycles. The minimum Gasteiger partial charge on any atom is -0.312 e. The van der Waals surface area contributed by atoms with Gasteiger partial charge in [0, 0.05) is 11.6 Å². The lowest BCUT2D eigenvalue weighted by molar-refractivity contribution is 0.103. The fourth-order valence-corrected chi connectivity index (χ4v) is 2.86. The van der Waals surface area contributed by atoms with E-state index in [0.29, 0.717) is 6.04 Å². The first-order valence-electron chi connectivity index (χ1n) is 6.91. The Morgan fingerprint density at radius 2 is 1.81 bits per heavy atom. The third-order valence-corrected chi connectivity index (χ3v) is 4.40. The summed E-state index contributed by atoms with van der Waals surface area (Å²) in [5.41, 5.74) is 0.254. The van der Waals surface area contributed by atoms with Gasteiger partial charge in [-0.2, -0.15) is 0 Å². The van der Waals surface area contributed by atoms with Crippen LogP contribution in [0.25, 0.3) is 0 Å². The molecule has 0 spiro atoms. The van der Waals surface area contributed by atoms with E-state index < -0.39 is 0 Å². The van der Waals surface area contributed by atoms with Gasteiger partial charge in [0.05, 0.1) is 0 Å². The Morgan fingerprint density at radius 3 is 2.25 bits per heavy atom. The van der Waals surface area contributed by atoms with Crippen LogP contribution in [0.5, 0.6) is 0 Å². The maximum atomic E-state index is 3.79. The molecular formula is C14H30N2. The molecule has 1 rings (SSSR count). The van der Waals surface area contributed by atoms with Crippen molar-refractivity contribution >= 4 is 0 Å². The molecule has 1 aliphatic rings. The van der Waals surface area contributed by atoms with Crippen molar-refractivity contribution in [2.24, 2.45) is 5.92 Å². The Kier molecular flexibility index (Phi) is 5.26. The number of hydrogen-bond acceptors (Lipinski definition) is 2. The average molecular weight is 226 g/mol. The molecule has 1 N–H and O–H groups in total. The van der Waals surface area contributed by atoms with E-state index >= 15 is 0 Å². The quantitative estimate of drug-likeness (QED) is 0.749. The van der Waals surface area contributed by atoms with Crippen molar-refractivity contribution in [2.45, 2.75) is 64.5 Å². The number of nitrogens with one attached hydrogen (secondary N) is 1. The van der Waals surface area contributed by atoms with Crippen LogP contribution in [0.2, 0.25) is 0 Å². The topological polar surface area (TPSA) is 15.3 Å². The Bertz CT molecular complexity index is 193. The molecule has 2 heteroatoms. The largest absolute Gasteiger partial charge is 0.312 e. The van der Waals surface area contributed by atoms with E-state index in [1.807, 2.05) is 0 Å². The van der Waals surface area contributed by atoms with Crippen LogP contribution in [-0.4, -0.2) is 37.1 Å². The van der Waals surface area contributed by atoms with E-state index in [4.69, 9.17) is 0 Å². The lowest BCUT2D eigenvalue weighted by Crippen LogP contribution is -2.58. The molecule has 96 valence electrons. The molecule has 2 nitrogen and oxygen atoms in total. The lowest BCUT2D eigenvalue weighted by atomic mass is 9.82. The van der Waals surface area contributed by atoms with Gasteiger partial charge in [0.15, 0.2) is 0 Å². The normalized spacial score (nSPS) is 20.6. The molecule has 1 atom stereocenters. The van der Waals surface area contributed by atoms with Crippen LogP contribution >= 0.6 is 0 Å². The van der Waals surface area contributed by atoms with Gasteiger partial charge in [-0.3, -0.25) is 0 Å². The summed E-state index contributed by atoms with van der Waals surface area (Å²) >= 11 is 0. The zero-order chi connectivity index (χ0) is 12.2. The second-order valence-corrected chi connectivity index (χ2v) is 6.02. The molecule has 0 aromatic rings. The monoisotopic (exact) mass is 226 g/mol. The van der Waals surface area contributed by atoms with Gasteiger partial charge in [-0.1, -0.05) is 19.8 Å². The Hall–Kier alpha value is -0.0800. The van der Waals surface area contributed by atoms with Crippen LogP contribution < -0.4 is 5.32 Å². The second-order valence-electron chi connectivity index (χ2n) is 6.02. The van der Waals surface area contributed by atoms with Gasteiger partial charge < -0.3 is 10.2 Å². The van der Waals surface area contributed by atoms with Crippen LogP contribution in [0, 0.1) is 5.92 Å². The number of rotatable bonds is 6. The van der Waals surface area contributed by atoms with Crippen molar-refractivity contribution in [3.8, 4) is 0 Å². The second kappa shape index (κ2) is 6.02. The zero-order valence-electron chi connectivity index (χ0n) is 11.8. The highest BCUT2D eigenvalue weighted by molar-refractivity contribution is 4.96. The molecule has 0 amide bonds. The molecule has 0 aliphatic heterocycles. The summed E-state index contributed by atoms with van der Waals surface area (Å²) in [6.07, 6.45) is 6.92. The first-order chi connectivity index (χ1) is 7.50. The first kappa shape index (κ1) is 14.0. The highest BCUT2D eigenvalue weighted by Crippen LogP contribution is 2.33. The molecule has 1 unspecified atom stereocenters. The molecule has 0 heterocycles. The predicted molar refractivity (Wildman–Crippen MR) is 71.8 cm³/mol. The number of likely N-dealkylation sites (N-methyl/N-ethyl adjacent to an activating group) is 1. The van der Waals surface area contributed by atoms with Crippen molar-refractivity contribution in [3.63, 3.8) is 0 Å². The minimum absolute atomic E-state index is 0.254. The van der Waals surface area contributed by atoms with Gasteiger partial charge in [0.25, 0.3) is 0 Å². The minimum atomic E-state index is 0.254. The van der Waals surface area contributed by atoms with E-state index in [9.17, 15) is 0 Å². The summed E-state index contributed by atoms with van der Waals surface area (Å²) in [4.78, 5) is 2.37. The Labute approximate surface area is 102 Å². The van der Waals surface area contributed by atoms with Crippen molar-refractivity contribution in [2.75, 3.05) is 20.6 Å². The number of nitrogens with zero attached hydrogens (tertiary/aromatic N) is 1. The summed E-state index contributed by atoms with van der Waals surface area (Å²) in [6.45, 7) is 8.15. The van der Waals surface area contributed by atoms with Crippen LogP contribution in [0.4, 0.5) is 0 Å². The van der Waals surface area contributed by atoms with Crippen molar-refractivity contribution in [1.82, 2.24) is 10.2 Å². The van der Waals surface area contributed by atoms with Crippen molar-refractivity contribution < 1.29 is 0 Å². The van der Waals surface area contributed by atoms with Crippen LogP contribution in [0.3, 0.4) is 0 Å². The van der Waals surface area contributed by atoms with E-state index in [1.54, 1.807) is 0 Å². The van der Waals surface area contributed by atoms with Crippen molar-refractivity contribution in [3.05, 3.63) is 0 Å². The molecule has 0 aromatic heterocycles. The zero-order valence-corrected chi connectivity index (χ0v) is 11.8. The van der Waals surface area contributed by atoms with Gasteiger partial charge in [-0.25, -0.2) is 0 Å². The third-order valence-electron chi connectivity index (χ3n) is 4.40. The molecule has 0 radical (unpaired) electrons. The van der Waals surface area contributed by atoms with Gasteiger partial charge in [0.2, 0.25) is 0 Å². The Balaban J connectivity index is 2.68. The van der Waals surface area contributed by atoms with Gasteiger partial charge in [0.1, 0.15) is 0 Å². The SMILES string of the molecule is CCCNC(C1CCCC1)C(C)(C)N(C)C. The summed E-state index contributed by atoms with van der Waals surface area (Å²) in [5.74, 6) is 0.879. The smallest absolute Gasteiger partial charge is 0.0302 e. The third kappa shape index (κ3) is 3.21. The van der Waals surface area contributed by atoms with Crippen LogP contribution in [-0.2, 0) is 0 Å². The van der Waals surface area contributed by atoms with Crippen LogP contribution in [0.15, 0.2) is 0 Å². The molecule has 0 saturated heterocycles. The molecule has 1 fully saturated rings. The van der Waals surface area contributed by atoms with Gasteiger partial charge in [-0.15, -0.1) is 0 Å². The number of hydrogen-bond donors (Lipinski definition) is 1. The summed E-state index contributed by atoms with van der Waals surface area (Å²) < 4.78 is 0. The fourth-order valence-electron chi connectivity index (χ4n) is 2.86. The summed E-state index contributed by atoms with van der Waals surface area (Å²) in [6, 6.07) is 0.643. The van der Waals surface area contributed by atoms with E-state index in [0.717, 1.165) is 12.5 Å². The van der Waals surface area contributed by atoms with E-state index in [1.165, 1.54) is 32.1 Å². The maximum Gasteiger partial charge on any atom is 0.0302 e. The predicted octanol–water partition coefficient (Wildman–Crippen LogP) is 2.89. The summed E-state index contributed by atoms with van der Waals surface area (Å²) in [5, 5.41) is 3.79. The lowest BCUT2D eigenvalue weighted by Gasteiger charge is -2.44. The molecule has 16 heavy (non-hydrogen) atoms. The highest BCUT2D eigenvalue weighted by Gasteiger charge is 2.37. The fraction of sp³-hybridized carbons (Fsp3) is 1.00. The van der Waals surface area contributed by atoms with Gasteiger partial charge in [-0.05, 0) is 59.7 Å². The van der Waals surface area contributed by atoms with E-state index in [2.05, 4.69) is 45.1 Å². The first-order valence-corrected chi connectivity index (χ1v) is 6.91. The molecule has 1 aliphatic carbocycles. The summed E-state index contributed by atoms with van der Waals surface area (Å²) in [7, 11) is 4.41. The average Bonchev–Trinajstić information content (AvgIpc) is 2.71. The van der Waals surface area contributed by atoms with Crippen molar-refractivity contribution in [1.29, 1.82) is 0 Å². The van der Waals surface area contributed by atoms with Gasteiger partial charge >= 0.3 is 0 Å². The molecular weight excluding hydrogens is 196 g/mol. The molecule has 0 bridgehead atoms. The Morgan fingerprint density at radius 1 is 1.25 bits per heavy atom. The van der Waals surface area contributed by atoms with Crippen LogP contribution in [0.1, 0.15) is 52.9 Å².